The molecule has 1 fully saturated rings. The molecule has 1 aliphatic carbocycles. The Balaban J connectivity index is 1.55. The van der Waals surface area contributed by atoms with Gasteiger partial charge in [0.1, 0.15) is 5.75 Å². The van der Waals surface area contributed by atoms with E-state index >= 15 is 0 Å². The topological polar surface area (TPSA) is 67.4 Å². The minimum Gasteiger partial charge on any atom is -0.484 e. The van der Waals surface area contributed by atoms with Crippen LogP contribution in [0.25, 0.3) is 0 Å². The molecule has 0 atom stereocenters. The first-order valence-corrected chi connectivity index (χ1v) is 7.66. The first-order valence-electron chi connectivity index (χ1n) is 6.58. The largest absolute Gasteiger partial charge is 0.484 e. The summed E-state index contributed by atoms with van der Waals surface area (Å²) < 4.78 is 6.46. The van der Waals surface area contributed by atoms with Crippen molar-refractivity contribution < 1.29 is 14.3 Å². The van der Waals surface area contributed by atoms with Crippen LogP contribution in [-0.2, 0) is 9.59 Å². The fraction of sp³-hybridized carbons (Fsp3) is 0.429. The van der Waals surface area contributed by atoms with Crippen LogP contribution in [0.5, 0.6) is 5.75 Å². The standard InChI is InChI=1S/C14H17IN2O3/c15-11-3-5-12(6-4-11)20-9-13(18)16-7-8-17-14(19)10-1-2-10/h3-6,10H,1-2,7-9H2,(H,16,18)(H,17,19). The molecule has 0 aromatic heterocycles. The number of carbonyl (C=O) groups excluding carboxylic acids is 2. The van der Waals surface area contributed by atoms with Crippen molar-refractivity contribution in [1.82, 2.24) is 10.6 Å². The van der Waals surface area contributed by atoms with Gasteiger partial charge in [0, 0.05) is 22.6 Å². The van der Waals surface area contributed by atoms with Gasteiger partial charge < -0.3 is 15.4 Å². The molecule has 0 spiro atoms. The molecule has 0 heterocycles. The van der Waals surface area contributed by atoms with Crippen molar-refractivity contribution >= 4 is 34.4 Å². The zero-order valence-corrected chi connectivity index (χ0v) is 13.2. The molecule has 2 rings (SSSR count). The zero-order valence-electron chi connectivity index (χ0n) is 11.0. The second-order valence-corrected chi connectivity index (χ2v) is 5.90. The van der Waals surface area contributed by atoms with E-state index in [1.807, 2.05) is 24.3 Å². The summed E-state index contributed by atoms with van der Waals surface area (Å²) in [6.45, 7) is 0.870. The molecule has 2 N–H and O–H groups in total. The van der Waals surface area contributed by atoms with Crippen LogP contribution in [0.2, 0.25) is 0 Å². The van der Waals surface area contributed by atoms with E-state index in [2.05, 4.69) is 33.2 Å². The van der Waals surface area contributed by atoms with Gasteiger partial charge in [0.15, 0.2) is 6.61 Å². The molecule has 5 nitrogen and oxygen atoms in total. The Labute approximate surface area is 131 Å². The summed E-state index contributed by atoms with van der Waals surface area (Å²) in [5.41, 5.74) is 0. The van der Waals surface area contributed by atoms with Gasteiger partial charge in [-0.15, -0.1) is 0 Å². The third-order valence-corrected chi connectivity index (χ3v) is 3.60. The van der Waals surface area contributed by atoms with E-state index in [4.69, 9.17) is 4.74 Å². The number of carbonyl (C=O) groups is 2. The number of hydrogen-bond acceptors (Lipinski definition) is 3. The summed E-state index contributed by atoms with van der Waals surface area (Å²) in [6.07, 6.45) is 1.98. The number of nitrogens with one attached hydrogen (secondary N) is 2. The molecule has 1 aromatic carbocycles. The van der Waals surface area contributed by atoms with E-state index in [0.29, 0.717) is 18.8 Å². The number of ether oxygens (including phenoxy) is 1. The van der Waals surface area contributed by atoms with Crippen molar-refractivity contribution in [3.8, 4) is 5.75 Å². The van der Waals surface area contributed by atoms with E-state index < -0.39 is 0 Å². The van der Waals surface area contributed by atoms with Crippen LogP contribution in [0.3, 0.4) is 0 Å². The van der Waals surface area contributed by atoms with E-state index in [9.17, 15) is 9.59 Å². The Bertz CT molecular complexity index is 472. The highest BCUT2D eigenvalue weighted by Gasteiger charge is 2.28. The summed E-state index contributed by atoms with van der Waals surface area (Å²) in [5, 5.41) is 5.48. The van der Waals surface area contributed by atoms with Crippen LogP contribution < -0.4 is 15.4 Å². The van der Waals surface area contributed by atoms with Crippen LogP contribution in [-0.4, -0.2) is 31.5 Å². The summed E-state index contributed by atoms with van der Waals surface area (Å²) in [4.78, 5) is 22.9. The number of hydrogen-bond donors (Lipinski definition) is 2. The van der Waals surface area contributed by atoms with E-state index in [1.54, 1.807) is 0 Å². The number of benzene rings is 1. The van der Waals surface area contributed by atoms with Gasteiger partial charge in [0.25, 0.3) is 5.91 Å². The predicted octanol–water partition coefficient (Wildman–Crippen LogP) is 1.31. The maximum Gasteiger partial charge on any atom is 0.258 e. The van der Waals surface area contributed by atoms with Gasteiger partial charge in [-0.1, -0.05) is 0 Å². The minimum atomic E-state index is -0.191. The molecule has 108 valence electrons. The van der Waals surface area contributed by atoms with Gasteiger partial charge in [0.2, 0.25) is 5.91 Å². The normalized spacial score (nSPS) is 13.7. The predicted molar refractivity (Wildman–Crippen MR) is 83.4 cm³/mol. The lowest BCUT2D eigenvalue weighted by Gasteiger charge is -2.08. The van der Waals surface area contributed by atoms with Crippen LogP contribution in [0, 0.1) is 9.49 Å². The Hall–Kier alpha value is -1.31. The average molecular weight is 388 g/mol. The summed E-state index contributed by atoms with van der Waals surface area (Å²) >= 11 is 2.21. The maximum atomic E-state index is 11.5. The lowest BCUT2D eigenvalue weighted by molar-refractivity contribution is -0.124. The highest BCUT2D eigenvalue weighted by molar-refractivity contribution is 14.1. The third kappa shape index (κ3) is 5.36. The van der Waals surface area contributed by atoms with Gasteiger partial charge in [0.05, 0.1) is 0 Å². The molecule has 0 radical (unpaired) electrons. The molecule has 0 unspecified atom stereocenters. The lowest BCUT2D eigenvalue weighted by Crippen LogP contribution is -2.37. The van der Waals surface area contributed by atoms with E-state index in [1.165, 1.54) is 0 Å². The van der Waals surface area contributed by atoms with Gasteiger partial charge in [-0.2, -0.15) is 0 Å². The Morgan fingerprint density at radius 3 is 2.45 bits per heavy atom. The molecular formula is C14H17IN2O3. The molecular weight excluding hydrogens is 371 g/mol. The smallest absolute Gasteiger partial charge is 0.258 e. The van der Waals surface area contributed by atoms with Crippen LogP contribution >= 0.6 is 22.6 Å². The molecule has 0 saturated heterocycles. The van der Waals surface area contributed by atoms with Crippen molar-refractivity contribution in [2.45, 2.75) is 12.8 Å². The average Bonchev–Trinajstić information content (AvgIpc) is 3.27. The first-order chi connectivity index (χ1) is 9.65. The first kappa shape index (κ1) is 15.1. The minimum absolute atomic E-state index is 0.0167. The van der Waals surface area contributed by atoms with Gasteiger partial charge in [-0.25, -0.2) is 0 Å². The van der Waals surface area contributed by atoms with Crippen molar-refractivity contribution in [2.75, 3.05) is 19.7 Å². The van der Waals surface area contributed by atoms with Crippen molar-refractivity contribution in [3.63, 3.8) is 0 Å². The molecule has 0 bridgehead atoms. The molecule has 6 heteroatoms. The number of halogens is 1. The number of amides is 2. The molecule has 20 heavy (non-hydrogen) atoms. The van der Waals surface area contributed by atoms with Crippen molar-refractivity contribution in [1.29, 1.82) is 0 Å². The Kier molecular flexibility index (Phi) is 5.63. The van der Waals surface area contributed by atoms with Crippen LogP contribution in [0.4, 0.5) is 0 Å². The van der Waals surface area contributed by atoms with Crippen LogP contribution in [0.15, 0.2) is 24.3 Å². The monoisotopic (exact) mass is 388 g/mol. The fourth-order valence-electron chi connectivity index (χ4n) is 1.61. The zero-order chi connectivity index (χ0) is 14.4. The molecule has 0 aliphatic heterocycles. The molecule has 1 saturated carbocycles. The second-order valence-electron chi connectivity index (χ2n) is 4.66. The highest BCUT2D eigenvalue weighted by atomic mass is 127. The Morgan fingerprint density at radius 2 is 1.80 bits per heavy atom. The lowest BCUT2D eigenvalue weighted by atomic mass is 10.3. The molecule has 2 amide bonds. The summed E-state index contributed by atoms with van der Waals surface area (Å²) in [6, 6.07) is 7.48. The van der Waals surface area contributed by atoms with E-state index in [0.717, 1.165) is 16.4 Å². The van der Waals surface area contributed by atoms with Gasteiger partial charge >= 0.3 is 0 Å². The van der Waals surface area contributed by atoms with E-state index in [-0.39, 0.29) is 24.3 Å². The quantitative estimate of drug-likeness (QED) is 0.547. The Morgan fingerprint density at radius 1 is 1.15 bits per heavy atom. The molecule has 1 aliphatic rings. The third-order valence-electron chi connectivity index (χ3n) is 2.88. The van der Waals surface area contributed by atoms with Crippen molar-refractivity contribution in [3.05, 3.63) is 27.8 Å². The van der Waals surface area contributed by atoms with Gasteiger partial charge in [-0.05, 0) is 59.7 Å². The number of rotatable bonds is 7. The van der Waals surface area contributed by atoms with Gasteiger partial charge in [-0.3, -0.25) is 9.59 Å². The summed E-state index contributed by atoms with van der Waals surface area (Å²) in [7, 11) is 0. The van der Waals surface area contributed by atoms with Crippen LogP contribution in [0.1, 0.15) is 12.8 Å². The second kappa shape index (κ2) is 7.47. The SMILES string of the molecule is O=C(COc1ccc(I)cc1)NCCNC(=O)C1CC1. The summed E-state index contributed by atoms with van der Waals surface area (Å²) in [5.74, 6) is 0.774. The maximum absolute atomic E-state index is 11.5. The van der Waals surface area contributed by atoms with Crippen molar-refractivity contribution in [2.24, 2.45) is 5.92 Å². The molecule has 1 aromatic rings. The highest BCUT2D eigenvalue weighted by Crippen LogP contribution is 2.28. The fourth-order valence-corrected chi connectivity index (χ4v) is 1.97.